The van der Waals surface area contributed by atoms with Crippen molar-refractivity contribution in [3.8, 4) is 0 Å². The summed E-state index contributed by atoms with van der Waals surface area (Å²) < 4.78 is 1.56. The number of hydrogen-bond acceptors (Lipinski definition) is 3. The number of carbonyl (C=O) groups is 1. The van der Waals surface area contributed by atoms with Gasteiger partial charge in [-0.25, -0.2) is 4.68 Å². The van der Waals surface area contributed by atoms with Crippen molar-refractivity contribution in [2.75, 3.05) is 5.32 Å². The van der Waals surface area contributed by atoms with Crippen LogP contribution in [0.3, 0.4) is 0 Å². The van der Waals surface area contributed by atoms with Gasteiger partial charge in [-0.1, -0.05) is 42.3 Å². The van der Waals surface area contributed by atoms with E-state index < -0.39 is 6.04 Å². The molecule has 7 heteroatoms. The maximum atomic E-state index is 12.5. The van der Waals surface area contributed by atoms with Crippen LogP contribution in [0.2, 0.25) is 10.0 Å². The van der Waals surface area contributed by atoms with Crippen LogP contribution < -0.4 is 5.32 Å². The third-order valence-electron chi connectivity index (χ3n) is 2.94. The van der Waals surface area contributed by atoms with Crippen molar-refractivity contribution in [1.29, 1.82) is 0 Å². The van der Waals surface area contributed by atoms with Crippen LogP contribution in [-0.4, -0.2) is 20.9 Å². The minimum absolute atomic E-state index is 0.160. The minimum Gasteiger partial charge on any atom is -0.324 e. The Morgan fingerprint density at radius 2 is 2.10 bits per heavy atom. The molecule has 0 saturated carbocycles. The van der Waals surface area contributed by atoms with Crippen molar-refractivity contribution in [2.45, 2.75) is 26.3 Å². The van der Waals surface area contributed by atoms with Gasteiger partial charge in [-0.15, -0.1) is 5.10 Å². The summed E-state index contributed by atoms with van der Waals surface area (Å²) in [5.74, 6) is 0.186. The summed E-state index contributed by atoms with van der Waals surface area (Å²) in [6, 6.07) is 4.56. The lowest BCUT2D eigenvalue weighted by Gasteiger charge is -2.18. The zero-order valence-electron chi connectivity index (χ0n) is 11.8. The second-order valence-corrected chi connectivity index (χ2v) is 5.96. The average Bonchev–Trinajstić information content (AvgIpc) is 2.93. The summed E-state index contributed by atoms with van der Waals surface area (Å²) in [6.07, 6.45) is 3.90. The van der Waals surface area contributed by atoms with Gasteiger partial charge in [0.2, 0.25) is 5.91 Å². The Labute approximate surface area is 133 Å². The van der Waals surface area contributed by atoms with E-state index in [1.54, 1.807) is 35.3 Å². The lowest BCUT2D eigenvalue weighted by atomic mass is 10.0. The third-order valence-corrected chi connectivity index (χ3v) is 3.68. The van der Waals surface area contributed by atoms with Gasteiger partial charge in [-0.2, -0.15) is 0 Å². The van der Waals surface area contributed by atoms with Crippen LogP contribution in [0.25, 0.3) is 0 Å². The van der Waals surface area contributed by atoms with Gasteiger partial charge in [-0.3, -0.25) is 4.79 Å². The molecule has 0 spiro atoms. The first kappa shape index (κ1) is 15.8. The average molecular weight is 327 g/mol. The molecule has 1 unspecified atom stereocenters. The van der Waals surface area contributed by atoms with Crippen LogP contribution in [0.5, 0.6) is 0 Å². The molecule has 2 aromatic rings. The van der Waals surface area contributed by atoms with Crippen molar-refractivity contribution in [3.63, 3.8) is 0 Å². The normalized spacial score (nSPS) is 12.4. The Morgan fingerprint density at radius 3 is 2.67 bits per heavy atom. The fraction of sp³-hybridized carbons (Fsp3) is 0.357. The number of carbonyl (C=O) groups excluding carboxylic acids is 1. The van der Waals surface area contributed by atoms with Gasteiger partial charge in [0, 0.05) is 11.9 Å². The quantitative estimate of drug-likeness (QED) is 0.908. The number of hydrogen-bond donors (Lipinski definition) is 1. The molecular weight excluding hydrogens is 311 g/mol. The first-order chi connectivity index (χ1) is 9.97. The van der Waals surface area contributed by atoms with E-state index >= 15 is 0 Å². The molecule has 0 saturated heterocycles. The molecule has 0 radical (unpaired) electrons. The molecule has 2 rings (SSSR count). The maximum Gasteiger partial charge on any atom is 0.249 e. The molecular formula is C14H16Cl2N4O. The SMILES string of the molecule is CC(C)CC(C(=O)Nc1ccc(Cl)c(Cl)c1)n1ccnn1. The van der Waals surface area contributed by atoms with Crippen molar-refractivity contribution in [3.05, 3.63) is 40.6 Å². The van der Waals surface area contributed by atoms with E-state index in [1.165, 1.54) is 0 Å². The molecule has 0 fully saturated rings. The zero-order chi connectivity index (χ0) is 15.4. The van der Waals surface area contributed by atoms with Crippen molar-refractivity contribution >= 4 is 34.8 Å². The Hall–Kier alpha value is -1.59. The standard InChI is InChI=1S/C14H16Cl2N4O/c1-9(2)7-13(20-6-5-17-19-20)14(21)18-10-3-4-11(15)12(16)8-10/h3-6,8-9,13H,7H2,1-2H3,(H,18,21). The number of aromatic nitrogens is 3. The molecule has 1 atom stereocenters. The van der Waals surface area contributed by atoms with Gasteiger partial charge < -0.3 is 5.32 Å². The molecule has 0 bridgehead atoms. The van der Waals surface area contributed by atoms with E-state index in [-0.39, 0.29) is 5.91 Å². The molecule has 1 N–H and O–H groups in total. The van der Waals surface area contributed by atoms with Crippen LogP contribution in [0.1, 0.15) is 26.3 Å². The fourth-order valence-corrected chi connectivity index (χ4v) is 2.26. The number of anilines is 1. The van der Waals surface area contributed by atoms with Gasteiger partial charge in [0.15, 0.2) is 0 Å². The highest BCUT2D eigenvalue weighted by Crippen LogP contribution is 2.26. The van der Waals surface area contributed by atoms with Gasteiger partial charge in [0.25, 0.3) is 0 Å². The molecule has 0 aliphatic heterocycles. The monoisotopic (exact) mass is 326 g/mol. The molecule has 1 aromatic carbocycles. The smallest absolute Gasteiger partial charge is 0.249 e. The molecule has 21 heavy (non-hydrogen) atoms. The molecule has 5 nitrogen and oxygen atoms in total. The second kappa shape index (κ2) is 6.91. The lowest BCUT2D eigenvalue weighted by molar-refractivity contribution is -0.120. The molecule has 112 valence electrons. The highest BCUT2D eigenvalue weighted by Gasteiger charge is 2.22. The van der Waals surface area contributed by atoms with Gasteiger partial charge in [-0.05, 0) is 30.5 Å². The van der Waals surface area contributed by atoms with Crippen molar-refractivity contribution < 1.29 is 4.79 Å². The highest BCUT2D eigenvalue weighted by molar-refractivity contribution is 6.42. The Bertz CT molecular complexity index is 613. The van der Waals surface area contributed by atoms with Gasteiger partial charge >= 0.3 is 0 Å². The molecule has 1 aromatic heterocycles. The third kappa shape index (κ3) is 4.19. The summed E-state index contributed by atoms with van der Waals surface area (Å²) in [4.78, 5) is 12.5. The first-order valence-electron chi connectivity index (χ1n) is 6.59. The predicted octanol–water partition coefficient (Wildman–Crippen LogP) is 3.81. The maximum absolute atomic E-state index is 12.5. The summed E-state index contributed by atoms with van der Waals surface area (Å²) in [5.41, 5.74) is 0.600. The van der Waals surface area contributed by atoms with Crippen LogP contribution in [0.4, 0.5) is 5.69 Å². The summed E-state index contributed by atoms with van der Waals surface area (Å²) in [7, 11) is 0. The van der Waals surface area contributed by atoms with E-state index in [2.05, 4.69) is 29.5 Å². The van der Waals surface area contributed by atoms with E-state index in [0.717, 1.165) is 0 Å². The first-order valence-corrected chi connectivity index (χ1v) is 7.34. The van der Waals surface area contributed by atoms with E-state index in [1.807, 2.05) is 0 Å². The van der Waals surface area contributed by atoms with Crippen LogP contribution >= 0.6 is 23.2 Å². The number of halogens is 2. The summed E-state index contributed by atoms with van der Waals surface area (Å²) in [5, 5.41) is 11.4. The van der Waals surface area contributed by atoms with Crippen molar-refractivity contribution in [2.24, 2.45) is 5.92 Å². The lowest BCUT2D eigenvalue weighted by Crippen LogP contribution is -2.27. The largest absolute Gasteiger partial charge is 0.324 e. The van der Waals surface area contributed by atoms with Crippen LogP contribution in [0, 0.1) is 5.92 Å². The topological polar surface area (TPSA) is 59.8 Å². The van der Waals surface area contributed by atoms with E-state index in [9.17, 15) is 4.79 Å². The van der Waals surface area contributed by atoms with Gasteiger partial charge in [0.1, 0.15) is 6.04 Å². The highest BCUT2D eigenvalue weighted by atomic mass is 35.5. The summed E-state index contributed by atoms with van der Waals surface area (Å²) in [6.45, 7) is 4.10. The van der Waals surface area contributed by atoms with E-state index in [0.29, 0.717) is 28.1 Å². The second-order valence-electron chi connectivity index (χ2n) is 5.15. The number of nitrogens with zero attached hydrogens (tertiary/aromatic N) is 3. The zero-order valence-corrected chi connectivity index (χ0v) is 13.3. The molecule has 1 amide bonds. The number of nitrogens with one attached hydrogen (secondary N) is 1. The number of amides is 1. The number of rotatable bonds is 5. The van der Waals surface area contributed by atoms with Gasteiger partial charge in [0.05, 0.1) is 16.2 Å². The molecule has 0 aliphatic rings. The van der Waals surface area contributed by atoms with Crippen molar-refractivity contribution in [1.82, 2.24) is 15.0 Å². The van der Waals surface area contributed by atoms with Crippen LogP contribution in [-0.2, 0) is 4.79 Å². The number of benzene rings is 1. The Morgan fingerprint density at radius 1 is 1.33 bits per heavy atom. The van der Waals surface area contributed by atoms with E-state index in [4.69, 9.17) is 23.2 Å². The van der Waals surface area contributed by atoms with Crippen LogP contribution in [0.15, 0.2) is 30.6 Å². The summed E-state index contributed by atoms with van der Waals surface area (Å²) >= 11 is 11.8. The fourth-order valence-electron chi connectivity index (χ4n) is 1.96. The molecule has 0 aliphatic carbocycles. The Kier molecular flexibility index (Phi) is 5.20. The predicted molar refractivity (Wildman–Crippen MR) is 83.6 cm³/mol. The Balaban J connectivity index is 2.16. The minimum atomic E-state index is -0.415. The molecule has 1 heterocycles.